The van der Waals surface area contributed by atoms with Crippen molar-refractivity contribution in [2.24, 2.45) is 5.73 Å². The lowest BCUT2D eigenvalue weighted by Crippen LogP contribution is -2.30. The molecule has 7 heteroatoms. The number of aromatic amines is 1. The van der Waals surface area contributed by atoms with Crippen molar-refractivity contribution < 1.29 is 9.59 Å². The Kier molecular flexibility index (Phi) is 4.52. The van der Waals surface area contributed by atoms with E-state index in [1.807, 2.05) is 48.5 Å². The van der Waals surface area contributed by atoms with E-state index in [9.17, 15) is 9.59 Å². The Morgan fingerprint density at radius 1 is 1.09 bits per heavy atom. The molecule has 2 amide bonds. The van der Waals surface area contributed by atoms with Crippen molar-refractivity contribution in [1.29, 1.82) is 0 Å². The van der Waals surface area contributed by atoms with Crippen LogP contribution in [0.5, 0.6) is 0 Å². The van der Waals surface area contributed by atoms with Crippen molar-refractivity contribution in [3.63, 3.8) is 0 Å². The zero-order valence-electron chi connectivity index (χ0n) is 17.3. The van der Waals surface area contributed by atoms with Crippen molar-refractivity contribution in [2.75, 3.05) is 12.3 Å². The minimum atomic E-state index is -0.624. The Morgan fingerprint density at radius 2 is 1.88 bits per heavy atom. The maximum atomic E-state index is 13.0. The molecule has 0 bridgehead atoms. The summed E-state index contributed by atoms with van der Waals surface area (Å²) in [6.45, 7) is 4.07. The lowest BCUT2D eigenvalue weighted by atomic mass is 9.94. The summed E-state index contributed by atoms with van der Waals surface area (Å²) in [7, 11) is 0. The summed E-state index contributed by atoms with van der Waals surface area (Å²) in [5.41, 5.74) is 18.0. The molecule has 0 unspecified atom stereocenters. The van der Waals surface area contributed by atoms with Gasteiger partial charge in [0.05, 0.1) is 23.3 Å². The van der Waals surface area contributed by atoms with Crippen LogP contribution in [-0.2, 0) is 11.3 Å². The molecule has 1 aromatic heterocycles. The van der Waals surface area contributed by atoms with E-state index in [-0.39, 0.29) is 18.0 Å². The van der Waals surface area contributed by atoms with Gasteiger partial charge in [-0.1, -0.05) is 49.0 Å². The van der Waals surface area contributed by atoms with Gasteiger partial charge in [-0.05, 0) is 34.9 Å². The fraction of sp³-hybridized carbons (Fsp3) is 0.0800. The van der Waals surface area contributed by atoms with Gasteiger partial charge < -0.3 is 16.4 Å². The van der Waals surface area contributed by atoms with Gasteiger partial charge in [-0.2, -0.15) is 5.10 Å². The number of carbonyl (C=O) groups excluding carboxylic acids is 2. The predicted molar refractivity (Wildman–Crippen MR) is 124 cm³/mol. The third-order valence-electron chi connectivity index (χ3n) is 5.85. The molecular weight excluding hydrogens is 402 g/mol. The van der Waals surface area contributed by atoms with E-state index in [4.69, 9.17) is 11.5 Å². The molecule has 0 aliphatic carbocycles. The van der Waals surface area contributed by atoms with Gasteiger partial charge in [-0.25, -0.2) is 0 Å². The van der Waals surface area contributed by atoms with Gasteiger partial charge in [0.25, 0.3) is 5.91 Å². The first-order chi connectivity index (χ1) is 15.4. The van der Waals surface area contributed by atoms with Crippen LogP contribution >= 0.6 is 0 Å². The number of anilines is 1. The highest BCUT2D eigenvalue weighted by atomic mass is 16.2. The molecule has 7 nitrogen and oxygen atoms in total. The molecule has 5 N–H and O–H groups in total. The summed E-state index contributed by atoms with van der Waals surface area (Å²) in [4.78, 5) is 26.0. The van der Waals surface area contributed by atoms with Crippen LogP contribution in [0.3, 0.4) is 0 Å². The number of rotatable bonds is 5. The number of hydrogen-bond acceptors (Lipinski definition) is 4. The first kappa shape index (κ1) is 19.6. The minimum absolute atomic E-state index is 0.0701. The normalized spacial score (nSPS) is 12.9. The van der Waals surface area contributed by atoms with E-state index < -0.39 is 5.91 Å². The fourth-order valence-electron chi connectivity index (χ4n) is 4.21. The van der Waals surface area contributed by atoms with Gasteiger partial charge in [0.15, 0.2) is 0 Å². The van der Waals surface area contributed by atoms with Gasteiger partial charge in [0, 0.05) is 28.8 Å². The second-order valence-corrected chi connectivity index (χ2v) is 7.88. The highest BCUT2D eigenvalue weighted by molar-refractivity contribution is 6.06. The van der Waals surface area contributed by atoms with Gasteiger partial charge >= 0.3 is 0 Å². The Bertz CT molecular complexity index is 1400. The quantitative estimate of drug-likeness (QED) is 0.336. The molecule has 5 rings (SSSR count). The van der Waals surface area contributed by atoms with Gasteiger partial charge in [0.2, 0.25) is 5.91 Å². The lowest BCUT2D eigenvalue weighted by Gasteiger charge is -2.15. The molecule has 158 valence electrons. The standard InChI is InChI=1S/C25H21N5O2/c1-14(24(27)31)12-30-13-19-17(8-9-20(26)22(19)25(30)32)16-7-10-21-18(11-16)23(29-28-21)15-5-3-2-4-6-15/h2-11H,1,12-13,26H2,(H2,27,31)(H,28,29). The molecule has 0 fully saturated rings. The number of hydrogen-bond donors (Lipinski definition) is 3. The van der Waals surface area contributed by atoms with Crippen molar-refractivity contribution in [1.82, 2.24) is 15.1 Å². The second-order valence-electron chi connectivity index (χ2n) is 7.88. The molecular formula is C25H21N5O2. The number of nitrogens with two attached hydrogens (primary N) is 2. The summed E-state index contributed by atoms with van der Waals surface area (Å²) in [5.74, 6) is -0.850. The van der Waals surface area contributed by atoms with Crippen molar-refractivity contribution in [3.8, 4) is 22.4 Å². The van der Waals surface area contributed by atoms with Crippen LogP contribution in [-0.4, -0.2) is 33.5 Å². The smallest absolute Gasteiger partial charge is 0.256 e. The van der Waals surface area contributed by atoms with Crippen LogP contribution in [0, 0.1) is 0 Å². The zero-order chi connectivity index (χ0) is 22.4. The summed E-state index contributed by atoms with van der Waals surface area (Å²) < 4.78 is 0. The van der Waals surface area contributed by atoms with Crippen LogP contribution in [0.25, 0.3) is 33.3 Å². The van der Waals surface area contributed by atoms with Crippen molar-refractivity contribution in [2.45, 2.75) is 6.54 Å². The Hall–Kier alpha value is -4.39. The third kappa shape index (κ3) is 3.11. The molecule has 0 saturated heterocycles. The van der Waals surface area contributed by atoms with Crippen LogP contribution < -0.4 is 11.5 Å². The molecule has 0 spiro atoms. The van der Waals surface area contributed by atoms with Gasteiger partial charge in [-0.15, -0.1) is 0 Å². The van der Waals surface area contributed by atoms with E-state index >= 15 is 0 Å². The average Bonchev–Trinajstić information content (AvgIpc) is 3.36. The second kappa shape index (κ2) is 7.39. The Morgan fingerprint density at radius 3 is 2.62 bits per heavy atom. The molecule has 2 heterocycles. The number of fused-ring (bicyclic) bond motifs is 2. The molecule has 4 aromatic rings. The molecule has 0 saturated carbocycles. The van der Waals surface area contributed by atoms with Crippen LogP contribution in [0.15, 0.2) is 72.8 Å². The molecule has 3 aromatic carbocycles. The average molecular weight is 423 g/mol. The monoisotopic (exact) mass is 423 g/mol. The minimum Gasteiger partial charge on any atom is -0.398 e. The largest absolute Gasteiger partial charge is 0.398 e. The number of nitrogens with one attached hydrogen (secondary N) is 1. The first-order valence-corrected chi connectivity index (χ1v) is 10.2. The first-order valence-electron chi connectivity index (χ1n) is 10.2. The van der Waals surface area contributed by atoms with Gasteiger partial charge in [0.1, 0.15) is 0 Å². The molecule has 32 heavy (non-hydrogen) atoms. The molecule has 0 atom stereocenters. The topological polar surface area (TPSA) is 118 Å². The number of primary amides is 1. The number of carbonyl (C=O) groups is 2. The van der Waals surface area contributed by atoms with E-state index in [2.05, 4.69) is 22.8 Å². The zero-order valence-corrected chi connectivity index (χ0v) is 17.3. The van der Waals surface area contributed by atoms with E-state index in [1.165, 1.54) is 0 Å². The van der Waals surface area contributed by atoms with Gasteiger partial charge in [-0.3, -0.25) is 14.7 Å². The van der Waals surface area contributed by atoms with E-state index in [1.54, 1.807) is 11.0 Å². The highest BCUT2D eigenvalue weighted by Crippen LogP contribution is 2.38. The SMILES string of the molecule is C=C(CN1Cc2c(-c3ccc4[nH]nc(-c5ccccc5)c4c3)ccc(N)c2C1=O)C(N)=O. The summed E-state index contributed by atoms with van der Waals surface area (Å²) in [6, 6.07) is 19.7. The number of amides is 2. The molecule has 0 radical (unpaired) electrons. The molecule has 1 aliphatic heterocycles. The molecule has 1 aliphatic rings. The number of nitrogen functional groups attached to an aromatic ring is 1. The summed E-state index contributed by atoms with van der Waals surface area (Å²) in [5, 5.41) is 8.58. The predicted octanol–water partition coefficient (Wildman–Crippen LogP) is 3.48. The number of aromatic nitrogens is 2. The fourth-order valence-corrected chi connectivity index (χ4v) is 4.21. The summed E-state index contributed by atoms with van der Waals surface area (Å²) >= 11 is 0. The number of H-pyrrole nitrogens is 1. The number of benzene rings is 3. The van der Waals surface area contributed by atoms with Crippen molar-refractivity contribution in [3.05, 3.63) is 83.9 Å². The summed E-state index contributed by atoms with van der Waals surface area (Å²) in [6.07, 6.45) is 0. The highest BCUT2D eigenvalue weighted by Gasteiger charge is 2.32. The van der Waals surface area contributed by atoms with Crippen LogP contribution in [0.2, 0.25) is 0 Å². The lowest BCUT2D eigenvalue weighted by molar-refractivity contribution is -0.114. The third-order valence-corrected chi connectivity index (χ3v) is 5.85. The van der Waals surface area contributed by atoms with Crippen LogP contribution in [0.4, 0.5) is 5.69 Å². The maximum Gasteiger partial charge on any atom is 0.256 e. The maximum absolute atomic E-state index is 13.0. The van der Waals surface area contributed by atoms with E-state index in [0.29, 0.717) is 17.8 Å². The Labute approximate surface area is 184 Å². The van der Waals surface area contributed by atoms with E-state index in [0.717, 1.165) is 38.9 Å². The van der Waals surface area contributed by atoms with Crippen LogP contribution in [0.1, 0.15) is 15.9 Å². The Balaban J connectivity index is 1.60. The van der Waals surface area contributed by atoms with Crippen molar-refractivity contribution >= 4 is 28.4 Å². The number of nitrogens with zero attached hydrogens (tertiary/aromatic N) is 2.